The van der Waals surface area contributed by atoms with E-state index in [4.69, 9.17) is 21.1 Å². The number of nitrogens with one attached hydrogen (secondary N) is 1. The molecule has 0 fully saturated rings. The smallest absolute Gasteiger partial charge is 0.220 e. The number of aliphatic hydroxyl groups excluding tert-OH is 3. The van der Waals surface area contributed by atoms with E-state index in [1.165, 1.54) is 0 Å². The molecule has 0 aromatic heterocycles. The standard InChI is InChI=1S/C8H16N2O4.C2H6.CH4O/c9-6(3-11)1-2-8(14)10-7(4-12)5-13;2*1-2/h3,6-7,12-13H,1-2,4-5,9H2,(H,10,14);1-2H3;2H,1H3. The van der Waals surface area contributed by atoms with Crippen molar-refractivity contribution in [2.75, 3.05) is 20.3 Å². The van der Waals surface area contributed by atoms with Crippen molar-refractivity contribution in [3.05, 3.63) is 0 Å². The Labute approximate surface area is 108 Å². The van der Waals surface area contributed by atoms with Crippen molar-refractivity contribution < 1.29 is 24.9 Å². The maximum Gasteiger partial charge on any atom is 0.220 e. The number of carbonyl (C=O) groups is 2. The van der Waals surface area contributed by atoms with Crippen molar-refractivity contribution in [2.45, 2.75) is 38.8 Å². The van der Waals surface area contributed by atoms with Crippen LogP contribution in [0, 0.1) is 0 Å². The van der Waals surface area contributed by atoms with Crippen LogP contribution in [0.4, 0.5) is 0 Å². The van der Waals surface area contributed by atoms with E-state index in [9.17, 15) is 9.59 Å². The van der Waals surface area contributed by atoms with Crippen LogP contribution in [0.25, 0.3) is 0 Å². The van der Waals surface area contributed by atoms with Crippen LogP contribution < -0.4 is 11.1 Å². The van der Waals surface area contributed by atoms with E-state index in [-0.39, 0.29) is 32.0 Å². The molecule has 0 saturated carbocycles. The molecule has 0 spiro atoms. The Morgan fingerprint density at radius 2 is 1.72 bits per heavy atom. The van der Waals surface area contributed by atoms with Gasteiger partial charge >= 0.3 is 0 Å². The molecule has 0 aliphatic rings. The van der Waals surface area contributed by atoms with E-state index in [1.807, 2.05) is 13.8 Å². The first kappa shape index (κ1) is 22.2. The van der Waals surface area contributed by atoms with Crippen molar-refractivity contribution in [3.63, 3.8) is 0 Å². The summed E-state index contributed by atoms with van der Waals surface area (Å²) in [5, 5.41) is 26.7. The Kier molecular flexibility index (Phi) is 22.6. The highest BCUT2D eigenvalue weighted by molar-refractivity contribution is 5.76. The first-order chi connectivity index (χ1) is 8.63. The lowest BCUT2D eigenvalue weighted by molar-refractivity contribution is -0.122. The number of rotatable bonds is 7. The molecule has 18 heavy (non-hydrogen) atoms. The van der Waals surface area contributed by atoms with Crippen LogP contribution in [0.3, 0.4) is 0 Å². The summed E-state index contributed by atoms with van der Waals surface area (Å²) in [6.07, 6.45) is 0.943. The molecule has 7 heteroatoms. The van der Waals surface area contributed by atoms with Crippen LogP contribution in [0.1, 0.15) is 26.7 Å². The number of carbonyl (C=O) groups excluding carboxylic acids is 2. The summed E-state index contributed by atoms with van der Waals surface area (Å²) < 4.78 is 0. The highest BCUT2D eigenvalue weighted by Crippen LogP contribution is 1.93. The molecule has 0 bridgehead atoms. The fraction of sp³-hybridized carbons (Fsp3) is 0.818. The summed E-state index contributed by atoms with van der Waals surface area (Å²) in [6, 6.07) is -1.28. The summed E-state index contributed by atoms with van der Waals surface area (Å²) in [5.74, 6) is -0.338. The highest BCUT2D eigenvalue weighted by Gasteiger charge is 2.11. The van der Waals surface area contributed by atoms with Gasteiger partial charge in [0.2, 0.25) is 5.91 Å². The molecule has 1 amide bonds. The van der Waals surface area contributed by atoms with Gasteiger partial charge < -0.3 is 31.2 Å². The average molecular weight is 266 g/mol. The molecule has 1 atom stereocenters. The zero-order valence-corrected chi connectivity index (χ0v) is 11.3. The first-order valence-corrected chi connectivity index (χ1v) is 5.80. The van der Waals surface area contributed by atoms with Gasteiger partial charge in [-0.3, -0.25) is 4.79 Å². The molecule has 0 radical (unpaired) electrons. The lowest BCUT2D eigenvalue weighted by atomic mass is 10.2. The summed E-state index contributed by atoms with van der Waals surface area (Å²) >= 11 is 0. The van der Waals surface area contributed by atoms with Gasteiger partial charge in [-0.05, 0) is 6.42 Å². The van der Waals surface area contributed by atoms with Crippen LogP contribution in [0.15, 0.2) is 0 Å². The van der Waals surface area contributed by atoms with Crippen LogP contribution in [-0.2, 0) is 9.59 Å². The minimum atomic E-state index is -0.644. The van der Waals surface area contributed by atoms with Crippen molar-refractivity contribution in [1.29, 1.82) is 0 Å². The maximum absolute atomic E-state index is 11.1. The Morgan fingerprint density at radius 1 is 1.28 bits per heavy atom. The van der Waals surface area contributed by atoms with Crippen LogP contribution in [0.2, 0.25) is 0 Å². The van der Waals surface area contributed by atoms with Gasteiger partial charge in [-0.1, -0.05) is 13.8 Å². The highest BCUT2D eigenvalue weighted by atomic mass is 16.3. The van der Waals surface area contributed by atoms with Gasteiger partial charge in [0, 0.05) is 13.5 Å². The fourth-order valence-corrected chi connectivity index (χ4v) is 0.815. The number of aliphatic hydroxyl groups is 3. The van der Waals surface area contributed by atoms with E-state index < -0.39 is 12.1 Å². The topological polar surface area (TPSA) is 133 Å². The zero-order valence-electron chi connectivity index (χ0n) is 11.3. The molecule has 1 unspecified atom stereocenters. The third-order valence-electron chi connectivity index (χ3n) is 1.69. The van der Waals surface area contributed by atoms with E-state index in [2.05, 4.69) is 5.32 Å². The number of aldehydes is 1. The third-order valence-corrected chi connectivity index (χ3v) is 1.69. The molecule has 6 N–H and O–H groups in total. The zero-order chi connectivity index (χ0) is 15.0. The van der Waals surface area contributed by atoms with Gasteiger partial charge in [0.05, 0.1) is 25.3 Å². The summed E-state index contributed by atoms with van der Waals surface area (Å²) in [5.41, 5.74) is 5.27. The van der Waals surface area contributed by atoms with E-state index in [0.29, 0.717) is 6.29 Å². The maximum atomic E-state index is 11.1. The van der Waals surface area contributed by atoms with Gasteiger partial charge in [-0.15, -0.1) is 0 Å². The molecule has 0 rings (SSSR count). The van der Waals surface area contributed by atoms with Crippen LogP contribution in [0.5, 0.6) is 0 Å². The van der Waals surface area contributed by atoms with Gasteiger partial charge in [0.1, 0.15) is 6.29 Å². The normalized spacial score (nSPS) is 10.4. The molecule has 0 aliphatic heterocycles. The largest absolute Gasteiger partial charge is 0.400 e. The lowest BCUT2D eigenvalue weighted by Crippen LogP contribution is -2.40. The second-order valence-electron chi connectivity index (χ2n) is 2.97. The molecule has 110 valence electrons. The minimum absolute atomic E-state index is 0.108. The lowest BCUT2D eigenvalue weighted by Gasteiger charge is -2.13. The van der Waals surface area contributed by atoms with Crippen LogP contribution in [-0.4, -0.2) is 59.9 Å². The molecule has 0 aromatic rings. The SMILES string of the molecule is CC.CO.NC(C=O)CCC(=O)NC(CO)CO. The summed E-state index contributed by atoms with van der Waals surface area (Å²) in [4.78, 5) is 21.2. The molecular weight excluding hydrogens is 240 g/mol. The van der Waals surface area contributed by atoms with Gasteiger partial charge in [-0.25, -0.2) is 0 Å². The Balaban J connectivity index is -0.000000506. The molecular formula is C11H26N2O5. The molecule has 0 saturated heterocycles. The van der Waals surface area contributed by atoms with E-state index >= 15 is 0 Å². The monoisotopic (exact) mass is 266 g/mol. The number of amides is 1. The second-order valence-corrected chi connectivity index (χ2v) is 2.97. The predicted molar refractivity (Wildman–Crippen MR) is 68.9 cm³/mol. The van der Waals surface area contributed by atoms with Crippen molar-refractivity contribution in [3.8, 4) is 0 Å². The average Bonchev–Trinajstić information content (AvgIpc) is 2.46. The summed E-state index contributed by atoms with van der Waals surface area (Å²) in [6.45, 7) is 3.37. The molecule has 0 aliphatic carbocycles. The molecule has 7 nitrogen and oxygen atoms in total. The number of hydrogen-bond acceptors (Lipinski definition) is 6. The fourth-order valence-electron chi connectivity index (χ4n) is 0.815. The van der Waals surface area contributed by atoms with Gasteiger partial charge in [-0.2, -0.15) is 0 Å². The second kappa shape index (κ2) is 18.3. The van der Waals surface area contributed by atoms with E-state index in [1.54, 1.807) is 0 Å². The third kappa shape index (κ3) is 15.0. The van der Waals surface area contributed by atoms with Crippen LogP contribution >= 0.6 is 0 Å². The Bertz CT molecular complexity index is 186. The molecule has 0 aromatic carbocycles. The first-order valence-electron chi connectivity index (χ1n) is 5.80. The predicted octanol–water partition coefficient (Wildman–Crippen LogP) is -1.60. The summed E-state index contributed by atoms with van der Waals surface area (Å²) in [7, 11) is 1.00. The minimum Gasteiger partial charge on any atom is -0.400 e. The van der Waals surface area contributed by atoms with Gasteiger partial charge in [0.15, 0.2) is 0 Å². The Morgan fingerprint density at radius 3 is 2.06 bits per heavy atom. The van der Waals surface area contributed by atoms with Gasteiger partial charge in [0.25, 0.3) is 0 Å². The van der Waals surface area contributed by atoms with Crippen molar-refractivity contribution in [1.82, 2.24) is 5.32 Å². The van der Waals surface area contributed by atoms with Crippen molar-refractivity contribution in [2.24, 2.45) is 5.73 Å². The number of nitrogens with two attached hydrogens (primary N) is 1. The number of hydrogen-bond donors (Lipinski definition) is 5. The van der Waals surface area contributed by atoms with Crippen molar-refractivity contribution >= 4 is 12.2 Å². The quantitative estimate of drug-likeness (QED) is 0.352. The van der Waals surface area contributed by atoms with E-state index in [0.717, 1.165) is 7.11 Å². The Hall–Kier alpha value is -1.02. The molecule has 0 heterocycles.